The summed E-state index contributed by atoms with van der Waals surface area (Å²) in [5.41, 5.74) is 0.658. The standard InChI is InChI=1S/C14H19NO3/c1-14(16)5-2-6-15(9-14)8-11-3-4-12-13(7-11)18-10-17-12/h3-4,7,16H,2,5-6,8-10H2,1H3. The fourth-order valence-electron chi connectivity index (χ4n) is 2.76. The van der Waals surface area contributed by atoms with Crippen molar-refractivity contribution in [2.45, 2.75) is 31.9 Å². The lowest BCUT2D eigenvalue weighted by atomic mass is 9.95. The SMILES string of the molecule is CC1(O)CCCN(Cc2ccc3c(c2)OCO3)C1. The molecule has 0 aromatic heterocycles. The Hall–Kier alpha value is -1.26. The van der Waals surface area contributed by atoms with Crippen molar-refractivity contribution < 1.29 is 14.6 Å². The second-order valence-corrected chi connectivity index (χ2v) is 5.50. The van der Waals surface area contributed by atoms with Gasteiger partial charge >= 0.3 is 0 Å². The zero-order chi connectivity index (χ0) is 12.6. The van der Waals surface area contributed by atoms with Gasteiger partial charge in [0.25, 0.3) is 0 Å². The van der Waals surface area contributed by atoms with Crippen LogP contribution in [0, 0.1) is 0 Å². The smallest absolute Gasteiger partial charge is 0.231 e. The number of likely N-dealkylation sites (tertiary alicyclic amines) is 1. The number of β-amino-alcohol motifs (C(OH)–C–C–N with tert-alkyl or cyclic N) is 1. The van der Waals surface area contributed by atoms with Crippen LogP contribution in [0.4, 0.5) is 0 Å². The molecular formula is C14H19NO3. The summed E-state index contributed by atoms with van der Waals surface area (Å²) in [6.07, 6.45) is 1.95. The maximum absolute atomic E-state index is 10.1. The lowest BCUT2D eigenvalue weighted by Gasteiger charge is -2.36. The molecule has 0 amide bonds. The molecule has 0 saturated carbocycles. The third-order valence-electron chi connectivity index (χ3n) is 3.60. The molecule has 1 aromatic carbocycles. The van der Waals surface area contributed by atoms with Crippen molar-refractivity contribution in [3.8, 4) is 11.5 Å². The molecule has 4 heteroatoms. The zero-order valence-electron chi connectivity index (χ0n) is 10.7. The third-order valence-corrected chi connectivity index (χ3v) is 3.60. The van der Waals surface area contributed by atoms with Crippen LogP contribution in [0.1, 0.15) is 25.3 Å². The van der Waals surface area contributed by atoms with Crippen LogP contribution >= 0.6 is 0 Å². The van der Waals surface area contributed by atoms with Crippen LogP contribution in [0.5, 0.6) is 11.5 Å². The van der Waals surface area contributed by atoms with E-state index in [1.807, 2.05) is 19.1 Å². The molecule has 98 valence electrons. The highest BCUT2D eigenvalue weighted by atomic mass is 16.7. The lowest BCUT2D eigenvalue weighted by molar-refractivity contribution is -0.0181. The summed E-state index contributed by atoms with van der Waals surface area (Å²) in [7, 11) is 0. The summed E-state index contributed by atoms with van der Waals surface area (Å²) in [6, 6.07) is 6.06. The molecule has 1 fully saturated rings. The molecule has 1 saturated heterocycles. The average Bonchev–Trinajstić information content (AvgIpc) is 2.74. The van der Waals surface area contributed by atoms with Gasteiger partial charge in [0.15, 0.2) is 11.5 Å². The maximum atomic E-state index is 10.1. The molecule has 0 aliphatic carbocycles. The normalized spacial score (nSPS) is 27.4. The highest BCUT2D eigenvalue weighted by Crippen LogP contribution is 2.33. The van der Waals surface area contributed by atoms with E-state index in [0.717, 1.165) is 44.0 Å². The molecule has 0 radical (unpaired) electrons. The van der Waals surface area contributed by atoms with Crippen molar-refractivity contribution in [3.63, 3.8) is 0 Å². The van der Waals surface area contributed by atoms with Gasteiger partial charge in [0.05, 0.1) is 5.60 Å². The first-order valence-corrected chi connectivity index (χ1v) is 6.46. The Bertz CT molecular complexity index is 445. The van der Waals surface area contributed by atoms with Crippen LogP contribution in [0.3, 0.4) is 0 Å². The molecule has 1 atom stereocenters. The fourth-order valence-corrected chi connectivity index (χ4v) is 2.76. The number of fused-ring (bicyclic) bond motifs is 1. The third kappa shape index (κ3) is 2.44. The predicted molar refractivity (Wildman–Crippen MR) is 67.7 cm³/mol. The number of aliphatic hydroxyl groups is 1. The van der Waals surface area contributed by atoms with Gasteiger partial charge in [-0.15, -0.1) is 0 Å². The number of hydrogen-bond acceptors (Lipinski definition) is 4. The minimum atomic E-state index is -0.547. The first-order chi connectivity index (χ1) is 8.62. The van der Waals surface area contributed by atoms with Gasteiger partial charge < -0.3 is 14.6 Å². The van der Waals surface area contributed by atoms with E-state index in [1.165, 1.54) is 5.56 Å². The zero-order valence-corrected chi connectivity index (χ0v) is 10.7. The highest BCUT2D eigenvalue weighted by Gasteiger charge is 2.28. The number of nitrogens with zero attached hydrogens (tertiary/aromatic N) is 1. The molecule has 2 heterocycles. The molecule has 2 aliphatic heterocycles. The van der Waals surface area contributed by atoms with Crippen molar-refractivity contribution in [2.75, 3.05) is 19.9 Å². The summed E-state index contributed by atoms with van der Waals surface area (Å²) < 4.78 is 10.7. The quantitative estimate of drug-likeness (QED) is 0.867. The van der Waals surface area contributed by atoms with E-state index in [9.17, 15) is 5.11 Å². The minimum absolute atomic E-state index is 0.317. The van der Waals surface area contributed by atoms with E-state index in [2.05, 4.69) is 11.0 Å². The summed E-state index contributed by atoms with van der Waals surface area (Å²) in [5.74, 6) is 1.65. The van der Waals surface area contributed by atoms with Crippen molar-refractivity contribution in [2.24, 2.45) is 0 Å². The summed E-state index contributed by atoms with van der Waals surface area (Å²) in [5, 5.41) is 10.1. The summed E-state index contributed by atoms with van der Waals surface area (Å²) in [6.45, 7) is 4.87. The number of benzene rings is 1. The average molecular weight is 249 g/mol. The molecule has 1 aromatic rings. The minimum Gasteiger partial charge on any atom is -0.454 e. The second kappa shape index (κ2) is 4.44. The fraction of sp³-hybridized carbons (Fsp3) is 0.571. The Morgan fingerprint density at radius 1 is 1.33 bits per heavy atom. The van der Waals surface area contributed by atoms with Crippen molar-refractivity contribution >= 4 is 0 Å². The summed E-state index contributed by atoms with van der Waals surface area (Å²) >= 11 is 0. The van der Waals surface area contributed by atoms with Crippen LogP contribution in [0.25, 0.3) is 0 Å². The predicted octanol–water partition coefficient (Wildman–Crippen LogP) is 1.76. The first kappa shape index (κ1) is 11.8. The molecule has 1 unspecified atom stereocenters. The maximum Gasteiger partial charge on any atom is 0.231 e. The van der Waals surface area contributed by atoms with E-state index in [0.29, 0.717) is 6.79 Å². The van der Waals surface area contributed by atoms with Gasteiger partial charge in [0.1, 0.15) is 0 Å². The Morgan fingerprint density at radius 3 is 3.00 bits per heavy atom. The molecule has 2 aliphatic rings. The molecule has 4 nitrogen and oxygen atoms in total. The molecule has 1 N–H and O–H groups in total. The largest absolute Gasteiger partial charge is 0.454 e. The van der Waals surface area contributed by atoms with Gasteiger partial charge in [-0.1, -0.05) is 6.07 Å². The Labute approximate surface area is 107 Å². The van der Waals surface area contributed by atoms with Gasteiger partial charge in [-0.05, 0) is 44.0 Å². The van der Waals surface area contributed by atoms with E-state index < -0.39 is 5.60 Å². The molecular weight excluding hydrogens is 230 g/mol. The number of hydrogen-bond donors (Lipinski definition) is 1. The molecule has 18 heavy (non-hydrogen) atoms. The van der Waals surface area contributed by atoms with Crippen LogP contribution in [0.2, 0.25) is 0 Å². The number of piperidine rings is 1. The van der Waals surface area contributed by atoms with Crippen molar-refractivity contribution in [1.82, 2.24) is 4.90 Å². The van der Waals surface area contributed by atoms with Gasteiger partial charge in [-0.3, -0.25) is 4.90 Å². The van der Waals surface area contributed by atoms with Crippen LogP contribution in [0.15, 0.2) is 18.2 Å². The van der Waals surface area contributed by atoms with E-state index in [1.54, 1.807) is 0 Å². The Morgan fingerprint density at radius 2 is 2.17 bits per heavy atom. The van der Waals surface area contributed by atoms with Gasteiger partial charge in [0, 0.05) is 13.1 Å². The van der Waals surface area contributed by atoms with Crippen molar-refractivity contribution in [3.05, 3.63) is 23.8 Å². The first-order valence-electron chi connectivity index (χ1n) is 6.46. The Kier molecular flexibility index (Phi) is 2.92. The van der Waals surface area contributed by atoms with Crippen LogP contribution < -0.4 is 9.47 Å². The molecule has 3 rings (SSSR count). The highest BCUT2D eigenvalue weighted by molar-refractivity contribution is 5.44. The summed E-state index contributed by atoms with van der Waals surface area (Å²) in [4.78, 5) is 2.29. The van der Waals surface area contributed by atoms with E-state index in [4.69, 9.17) is 9.47 Å². The van der Waals surface area contributed by atoms with E-state index >= 15 is 0 Å². The van der Waals surface area contributed by atoms with Gasteiger partial charge in [-0.25, -0.2) is 0 Å². The van der Waals surface area contributed by atoms with E-state index in [-0.39, 0.29) is 0 Å². The second-order valence-electron chi connectivity index (χ2n) is 5.50. The molecule has 0 spiro atoms. The Balaban J connectivity index is 1.69. The van der Waals surface area contributed by atoms with Gasteiger partial charge in [0.2, 0.25) is 6.79 Å². The topological polar surface area (TPSA) is 41.9 Å². The lowest BCUT2D eigenvalue weighted by Crippen LogP contribution is -2.45. The molecule has 0 bridgehead atoms. The number of ether oxygens (including phenoxy) is 2. The number of rotatable bonds is 2. The van der Waals surface area contributed by atoms with Gasteiger partial charge in [-0.2, -0.15) is 0 Å². The van der Waals surface area contributed by atoms with Crippen LogP contribution in [-0.4, -0.2) is 35.5 Å². The van der Waals surface area contributed by atoms with Crippen molar-refractivity contribution in [1.29, 1.82) is 0 Å². The monoisotopic (exact) mass is 249 g/mol. The van der Waals surface area contributed by atoms with Crippen LogP contribution in [-0.2, 0) is 6.54 Å².